The molecule has 0 radical (unpaired) electrons. The van der Waals surface area contributed by atoms with Gasteiger partial charge in [0.15, 0.2) is 10.8 Å². The molecule has 94 valence electrons. The number of hydrogen-bond donors (Lipinski definition) is 2. The van der Waals surface area contributed by atoms with Gasteiger partial charge >= 0.3 is 5.97 Å². The van der Waals surface area contributed by atoms with Crippen LogP contribution >= 0.6 is 11.3 Å². The minimum Gasteiger partial charge on any atom is -0.476 e. The van der Waals surface area contributed by atoms with Gasteiger partial charge in [-0.3, -0.25) is 4.98 Å². The molecule has 2 N–H and O–H groups in total. The summed E-state index contributed by atoms with van der Waals surface area (Å²) in [5.41, 5.74) is 2.33. The molecule has 2 heterocycles. The van der Waals surface area contributed by atoms with Crippen molar-refractivity contribution in [1.82, 2.24) is 9.97 Å². The second-order valence-electron chi connectivity index (χ2n) is 3.88. The number of aromatic nitrogens is 2. The van der Waals surface area contributed by atoms with E-state index in [1.807, 2.05) is 13.0 Å². The van der Waals surface area contributed by atoms with Gasteiger partial charge < -0.3 is 10.4 Å². The van der Waals surface area contributed by atoms with Crippen LogP contribution in [0.15, 0.2) is 18.5 Å². The molecule has 6 heteroatoms. The molecular formula is C12H13N3O2S. The maximum Gasteiger partial charge on any atom is 0.355 e. The first-order chi connectivity index (χ1) is 8.58. The van der Waals surface area contributed by atoms with E-state index in [1.54, 1.807) is 19.3 Å². The molecule has 2 aromatic rings. The molecule has 2 rings (SSSR count). The van der Waals surface area contributed by atoms with Gasteiger partial charge in [-0.25, -0.2) is 9.78 Å². The summed E-state index contributed by atoms with van der Waals surface area (Å²) in [6, 6.07) is 1.93. The van der Waals surface area contributed by atoms with Crippen LogP contribution < -0.4 is 5.32 Å². The fourth-order valence-electron chi connectivity index (χ4n) is 1.54. The molecule has 0 bridgehead atoms. The molecule has 0 saturated heterocycles. The summed E-state index contributed by atoms with van der Waals surface area (Å²) in [5.74, 6) is -0.989. The van der Waals surface area contributed by atoms with Crippen LogP contribution in [0.3, 0.4) is 0 Å². The molecule has 0 aliphatic rings. The molecule has 5 nitrogen and oxygen atoms in total. The lowest BCUT2D eigenvalue weighted by molar-refractivity contribution is 0.0690. The summed E-state index contributed by atoms with van der Waals surface area (Å²) in [5, 5.41) is 12.7. The van der Waals surface area contributed by atoms with Gasteiger partial charge in [-0.15, -0.1) is 11.3 Å². The van der Waals surface area contributed by atoms with E-state index in [-0.39, 0.29) is 5.69 Å². The Hall–Kier alpha value is -1.95. The smallest absolute Gasteiger partial charge is 0.355 e. The maximum atomic E-state index is 10.9. The van der Waals surface area contributed by atoms with Crippen LogP contribution in [0, 0.1) is 13.8 Å². The minimum atomic E-state index is -0.989. The Morgan fingerprint density at radius 1 is 1.50 bits per heavy atom. The summed E-state index contributed by atoms with van der Waals surface area (Å²) in [6.07, 6.45) is 3.53. The van der Waals surface area contributed by atoms with Crippen molar-refractivity contribution in [3.05, 3.63) is 40.2 Å². The zero-order valence-corrected chi connectivity index (χ0v) is 10.9. The Morgan fingerprint density at radius 2 is 2.28 bits per heavy atom. The predicted molar refractivity (Wildman–Crippen MR) is 70.1 cm³/mol. The Kier molecular flexibility index (Phi) is 3.57. The normalized spacial score (nSPS) is 10.3. The number of anilines is 1. The lowest BCUT2D eigenvalue weighted by Crippen LogP contribution is -2.03. The van der Waals surface area contributed by atoms with E-state index >= 15 is 0 Å². The number of carboxylic acids is 1. The van der Waals surface area contributed by atoms with Gasteiger partial charge in [0.05, 0.1) is 0 Å². The molecule has 0 fully saturated rings. The third-order valence-corrected chi connectivity index (χ3v) is 3.49. The standard InChI is InChI=1S/C12H13N3O2S/c1-7-5-13-4-3-9(7)6-14-12-15-10(11(16)17)8(2)18-12/h3-5H,6H2,1-2H3,(H,14,15)(H,16,17). The van der Waals surface area contributed by atoms with Gasteiger partial charge in [0, 0.05) is 23.8 Å². The van der Waals surface area contributed by atoms with E-state index in [0.717, 1.165) is 11.1 Å². The van der Waals surface area contributed by atoms with Crippen molar-refractivity contribution in [1.29, 1.82) is 0 Å². The van der Waals surface area contributed by atoms with E-state index in [0.29, 0.717) is 16.6 Å². The van der Waals surface area contributed by atoms with Crippen molar-refractivity contribution >= 4 is 22.4 Å². The van der Waals surface area contributed by atoms with Crippen molar-refractivity contribution in [2.75, 3.05) is 5.32 Å². The molecular weight excluding hydrogens is 250 g/mol. The van der Waals surface area contributed by atoms with E-state index in [2.05, 4.69) is 15.3 Å². The van der Waals surface area contributed by atoms with Crippen molar-refractivity contribution in [2.45, 2.75) is 20.4 Å². The number of pyridine rings is 1. The molecule has 0 atom stereocenters. The second kappa shape index (κ2) is 5.14. The van der Waals surface area contributed by atoms with Crippen LogP contribution in [0.2, 0.25) is 0 Å². The van der Waals surface area contributed by atoms with Crippen LogP contribution in [-0.4, -0.2) is 21.0 Å². The maximum absolute atomic E-state index is 10.9. The minimum absolute atomic E-state index is 0.119. The highest BCUT2D eigenvalue weighted by atomic mass is 32.1. The van der Waals surface area contributed by atoms with Crippen molar-refractivity contribution < 1.29 is 9.90 Å². The molecule has 0 aromatic carbocycles. The van der Waals surface area contributed by atoms with Gasteiger partial charge in [0.2, 0.25) is 0 Å². The number of nitrogens with zero attached hydrogens (tertiary/aromatic N) is 2. The summed E-state index contributed by atoms with van der Waals surface area (Å²) in [4.78, 5) is 19.6. The highest BCUT2D eigenvalue weighted by molar-refractivity contribution is 7.15. The van der Waals surface area contributed by atoms with Crippen molar-refractivity contribution in [3.8, 4) is 0 Å². The number of aromatic carboxylic acids is 1. The van der Waals surface area contributed by atoms with Crippen LogP contribution in [0.4, 0.5) is 5.13 Å². The van der Waals surface area contributed by atoms with Gasteiger partial charge in [-0.05, 0) is 31.0 Å². The molecule has 0 aliphatic carbocycles. The number of carboxylic acid groups (broad SMARTS) is 1. The van der Waals surface area contributed by atoms with E-state index in [9.17, 15) is 4.79 Å². The molecule has 0 aliphatic heterocycles. The predicted octanol–water partition coefficient (Wildman–Crippen LogP) is 2.47. The second-order valence-corrected chi connectivity index (χ2v) is 5.09. The van der Waals surface area contributed by atoms with E-state index in [4.69, 9.17) is 5.11 Å². The van der Waals surface area contributed by atoms with E-state index < -0.39 is 5.97 Å². The summed E-state index contributed by atoms with van der Waals surface area (Å²) in [7, 11) is 0. The molecule has 18 heavy (non-hydrogen) atoms. The van der Waals surface area contributed by atoms with Crippen LogP contribution in [-0.2, 0) is 6.54 Å². The monoisotopic (exact) mass is 263 g/mol. The molecule has 2 aromatic heterocycles. The first-order valence-electron chi connectivity index (χ1n) is 5.42. The summed E-state index contributed by atoms with van der Waals surface area (Å²) in [6.45, 7) is 4.35. The lowest BCUT2D eigenvalue weighted by Gasteiger charge is -2.05. The zero-order chi connectivity index (χ0) is 13.1. The zero-order valence-electron chi connectivity index (χ0n) is 10.1. The average Bonchev–Trinajstić information content (AvgIpc) is 2.70. The quantitative estimate of drug-likeness (QED) is 0.886. The first-order valence-corrected chi connectivity index (χ1v) is 6.23. The number of thiazole rings is 1. The number of rotatable bonds is 4. The SMILES string of the molecule is Cc1cnccc1CNc1nc(C(=O)O)c(C)s1. The van der Waals surface area contributed by atoms with Gasteiger partial charge in [0.25, 0.3) is 0 Å². The Balaban J connectivity index is 2.09. The molecule has 0 amide bonds. The summed E-state index contributed by atoms with van der Waals surface area (Å²) < 4.78 is 0. The lowest BCUT2D eigenvalue weighted by atomic mass is 10.2. The Labute approximate surface area is 109 Å². The van der Waals surface area contributed by atoms with Crippen LogP contribution in [0.5, 0.6) is 0 Å². The average molecular weight is 263 g/mol. The fourth-order valence-corrected chi connectivity index (χ4v) is 2.34. The molecule has 0 unspecified atom stereocenters. The van der Waals surface area contributed by atoms with Crippen LogP contribution in [0.1, 0.15) is 26.5 Å². The highest BCUT2D eigenvalue weighted by Crippen LogP contribution is 2.22. The van der Waals surface area contributed by atoms with Gasteiger partial charge in [-0.1, -0.05) is 0 Å². The third kappa shape index (κ3) is 2.65. The fraction of sp³-hybridized carbons (Fsp3) is 0.250. The van der Waals surface area contributed by atoms with E-state index in [1.165, 1.54) is 11.3 Å². The van der Waals surface area contributed by atoms with Gasteiger partial charge in [0.1, 0.15) is 0 Å². The Morgan fingerprint density at radius 3 is 2.89 bits per heavy atom. The largest absolute Gasteiger partial charge is 0.476 e. The van der Waals surface area contributed by atoms with Crippen LogP contribution in [0.25, 0.3) is 0 Å². The molecule has 0 saturated carbocycles. The van der Waals surface area contributed by atoms with Gasteiger partial charge in [-0.2, -0.15) is 0 Å². The topological polar surface area (TPSA) is 75.1 Å². The Bertz CT molecular complexity index is 580. The first kappa shape index (κ1) is 12.5. The number of aryl methyl sites for hydroxylation is 2. The highest BCUT2D eigenvalue weighted by Gasteiger charge is 2.13. The summed E-state index contributed by atoms with van der Waals surface area (Å²) >= 11 is 1.35. The number of hydrogen-bond acceptors (Lipinski definition) is 5. The number of nitrogens with one attached hydrogen (secondary N) is 1. The number of carbonyl (C=O) groups is 1. The third-order valence-electron chi connectivity index (χ3n) is 2.57. The molecule has 0 spiro atoms. The van der Waals surface area contributed by atoms with Crippen molar-refractivity contribution in [3.63, 3.8) is 0 Å². The van der Waals surface area contributed by atoms with Crippen molar-refractivity contribution in [2.24, 2.45) is 0 Å².